The van der Waals surface area contributed by atoms with E-state index in [1.54, 1.807) is 12.1 Å². The van der Waals surface area contributed by atoms with Gasteiger partial charge in [-0.25, -0.2) is 0 Å². The molecule has 1 saturated carbocycles. The molecule has 0 saturated heterocycles. The molecule has 0 unspecified atom stereocenters. The second-order valence-corrected chi connectivity index (χ2v) is 5.91. The van der Waals surface area contributed by atoms with Crippen molar-refractivity contribution in [3.63, 3.8) is 0 Å². The lowest BCUT2D eigenvalue weighted by Gasteiger charge is -2.07. The fourth-order valence-electron chi connectivity index (χ4n) is 2.38. The van der Waals surface area contributed by atoms with Gasteiger partial charge in [0.15, 0.2) is 6.29 Å². The summed E-state index contributed by atoms with van der Waals surface area (Å²) in [5.74, 6) is 1.75. The molecule has 2 aromatic rings. The van der Waals surface area contributed by atoms with Crippen LogP contribution in [0, 0.1) is 5.92 Å². The number of benzene rings is 2. The molecule has 3 nitrogen and oxygen atoms in total. The zero-order chi connectivity index (χ0) is 15.4. The van der Waals surface area contributed by atoms with Crippen LogP contribution in [0.15, 0.2) is 42.5 Å². The molecule has 0 heterocycles. The molecule has 114 valence electrons. The summed E-state index contributed by atoms with van der Waals surface area (Å²) >= 11 is 0. The van der Waals surface area contributed by atoms with Crippen molar-refractivity contribution < 1.29 is 14.6 Å². The van der Waals surface area contributed by atoms with E-state index in [9.17, 15) is 9.90 Å². The maximum absolute atomic E-state index is 10.7. The van der Waals surface area contributed by atoms with Crippen molar-refractivity contribution >= 4 is 6.29 Å². The van der Waals surface area contributed by atoms with E-state index in [0.29, 0.717) is 11.8 Å². The minimum absolute atomic E-state index is 0.0522. The fraction of sp³-hybridized carbons (Fsp3) is 0.316. The number of phenols is 1. The Labute approximate surface area is 130 Å². The number of aryl methyl sites for hydroxylation is 2. The second kappa shape index (κ2) is 6.65. The minimum atomic E-state index is 0.0522. The summed E-state index contributed by atoms with van der Waals surface area (Å²) in [4.78, 5) is 10.7. The quantitative estimate of drug-likeness (QED) is 0.791. The third kappa shape index (κ3) is 3.88. The lowest BCUT2D eigenvalue weighted by atomic mass is 10.0. The van der Waals surface area contributed by atoms with Gasteiger partial charge in [-0.05, 0) is 67.0 Å². The second-order valence-electron chi connectivity index (χ2n) is 5.91. The highest BCUT2D eigenvalue weighted by molar-refractivity contribution is 5.79. The van der Waals surface area contributed by atoms with Crippen molar-refractivity contribution in [1.29, 1.82) is 0 Å². The van der Waals surface area contributed by atoms with Crippen molar-refractivity contribution in [3.8, 4) is 11.5 Å². The van der Waals surface area contributed by atoms with E-state index < -0.39 is 0 Å². The van der Waals surface area contributed by atoms with E-state index in [-0.39, 0.29) is 5.75 Å². The Morgan fingerprint density at radius 2 is 1.73 bits per heavy atom. The minimum Gasteiger partial charge on any atom is -0.507 e. The van der Waals surface area contributed by atoms with Crippen LogP contribution in [-0.4, -0.2) is 18.0 Å². The van der Waals surface area contributed by atoms with Crippen molar-refractivity contribution in [3.05, 3.63) is 59.2 Å². The van der Waals surface area contributed by atoms with E-state index in [4.69, 9.17) is 4.74 Å². The van der Waals surface area contributed by atoms with Gasteiger partial charge in [0.1, 0.15) is 11.5 Å². The molecular formula is C19H20O3. The van der Waals surface area contributed by atoms with Gasteiger partial charge in [0.05, 0.1) is 12.2 Å². The van der Waals surface area contributed by atoms with Crippen LogP contribution >= 0.6 is 0 Å². The number of hydrogen-bond acceptors (Lipinski definition) is 3. The fourth-order valence-corrected chi connectivity index (χ4v) is 2.38. The van der Waals surface area contributed by atoms with Gasteiger partial charge >= 0.3 is 0 Å². The zero-order valence-corrected chi connectivity index (χ0v) is 12.5. The van der Waals surface area contributed by atoms with Gasteiger partial charge in [-0.1, -0.05) is 18.2 Å². The van der Waals surface area contributed by atoms with Crippen LogP contribution in [-0.2, 0) is 12.8 Å². The average Bonchev–Trinajstić information content (AvgIpc) is 3.36. The number of phenolic OH excluding ortho intramolecular Hbond substituents is 1. The van der Waals surface area contributed by atoms with Gasteiger partial charge in [0.2, 0.25) is 0 Å². The van der Waals surface area contributed by atoms with Gasteiger partial charge in [-0.3, -0.25) is 4.79 Å². The summed E-state index contributed by atoms with van der Waals surface area (Å²) in [6.07, 6.45) is 4.98. The first-order valence-electron chi connectivity index (χ1n) is 7.73. The molecule has 0 spiro atoms. The van der Waals surface area contributed by atoms with Crippen molar-refractivity contribution in [1.82, 2.24) is 0 Å². The predicted octanol–water partition coefficient (Wildman–Crippen LogP) is 3.78. The van der Waals surface area contributed by atoms with Gasteiger partial charge < -0.3 is 9.84 Å². The van der Waals surface area contributed by atoms with Crippen LogP contribution in [0.3, 0.4) is 0 Å². The Balaban J connectivity index is 1.54. The first-order chi connectivity index (χ1) is 10.7. The molecule has 0 bridgehead atoms. The molecular weight excluding hydrogens is 276 g/mol. The van der Waals surface area contributed by atoms with Crippen molar-refractivity contribution in [2.75, 3.05) is 6.61 Å². The van der Waals surface area contributed by atoms with Gasteiger partial charge in [0.25, 0.3) is 0 Å². The van der Waals surface area contributed by atoms with E-state index in [2.05, 4.69) is 12.1 Å². The molecule has 1 aliphatic carbocycles. The lowest BCUT2D eigenvalue weighted by Crippen LogP contribution is -1.99. The van der Waals surface area contributed by atoms with Gasteiger partial charge in [0, 0.05) is 0 Å². The summed E-state index contributed by atoms with van der Waals surface area (Å²) in [5.41, 5.74) is 2.59. The van der Waals surface area contributed by atoms with Crippen LogP contribution in [0.4, 0.5) is 0 Å². The molecule has 22 heavy (non-hydrogen) atoms. The Morgan fingerprint density at radius 1 is 1.05 bits per heavy atom. The number of rotatable bonds is 7. The van der Waals surface area contributed by atoms with Crippen LogP contribution in [0.2, 0.25) is 0 Å². The normalized spacial score (nSPS) is 13.8. The molecule has 0 amide bonds. The highest BCUT2D eigenvalue weighted by Gasteiger charge is 2.21. The standard InChI is InChI=1S/C19H20O3/c20-12-17-8-5-15(11-19(17)21)2-1-14-6-9-18(10-7-14)22-13-16-3-4-16/h5-12,16,21H,1-4,13H2. The summed E-state index contributed by atoms with van der Waals surface area (Å²) in [6.45, 7) is 0.835. The largest absolute Gasteiger partial charge is 0.507 e. The molecule has 0 aromatic heterocycles. The lowest BCUT2D eigenvalue weighted by molar-refractivity contribution is 0.112. The average molecular weight is 296 g/mol. The monoisotopic (exact) mass is 296 g/mol. The maximum Gasteiger partial charge on any atom is 0.153 e. The summed E-state index contributed by atoms with van der Waals surface area (Å²) in [6, 6.07) is 13.4. The maximum atomic E-state index is 10.7. The predicted molar refractivity (Wildman–Crippen MR) is 85.6 cm³/mol. The van der Waals surface area contributed by atoms with Gasteiger partial charge in [-0.2, -0.15) is 0 Å². The summed E-state index contributed by atoms with van der Waals surface area (Å²) in [7, 11) is 0. The number of hydrogen-bond donors (Lipinski definition) is 1. The van der Waals surface area contributed by atoms with Crippen molar-refractivity contribution in [2.45, 2.75) is 25.7 Å². The smallest absolute Gasteiger partial charge is 0.153 e. The third-order valence-electron chi connectivity index (χ3n) is 4.03. The third-order valence-corrected chi connectivity index (χ3v) is 4.03. The van der Waals surface area contributed by atoms with Crippen LogP contribution < -0.4 is 4.74 Å². The molecule has 0 aliphatic heterocycles. The summed E-state index contributed by atoms with van der Waals surface area (Å²) in [5, 5.41) is 9.69. The molecule has 1 aliphatic rings. The molecule has 1 N–H and O–H groups in total. The van der Waals surface area contributed by atoms with Crippen LogP contribution in [0.1, 0.15) is 34.3 Å². The SMILES string of the molecule is O=Cc1ccc(CCc2ccc(OCC3CC3)cc2)cc1O. The summed E-state index contributed by atoms with van der Waals surface area (Å²) < 4.78 is 5.72. The van der Waals surface area contributed by atoms with E-state index in [0.717, 1.165) is 36.7 Å². The number of aldehydes is 1. The molecule has 3 rings (SSSR count). The highest BCUT2D eigenvalue weighted by atomic mass is 16.5. The Bertz CT molecular complexity index is 642. The molecule has 0 radical (unpaired) electrons. The zero-order valence-electron chi connectivity index (χ0n) is 12.5. The highest BCUT2D eigenvalue weighted by Crippen LogP contribution is 2.29. The molecule has 2 aromatic carbocycles. The van der Waals surface area contributed by atoms with E-state index in [1.807, 2.05) is 18.2 Å². The number of carbonyl (C=O) groups excluding carboxylic acids is 1. The molecule has 0 atom stereocenters. The van der Waals surface area contributed by atoms with Crippen LogP contribution in [0.5, 0.6) is 11.5 Å². The number of ether oxygens (including phenoxy) is 1. The van der Waals surface area contributed by atoms with Crippen molar-refractivity contribution in [2.24, 2.45) is 5.92 Å². The van der Waals surface area contributed by atoms with E-state index >= 15 is 0 Å². The molecule has 1 fully saturated rings. The number of carbonyl (C=O) groups is 1. The first-order valence-corrected chi connectivity index (χ1v) is 7.73. The first kappa shape index (κ1) is 14.6. The van der Waals surface area contributed by atoms with Gasteiger partial charge in [-0.15, -0.1) is 0 Å². The van der Waals surface area contributed by atoms with E-state index in [1.165, 1.54) is 18.4 Å². The molecule has 3 heteroatoms. The van der Waals surface area contributed by atoms with Crippen LogP contribution in [0.25, 0.3) is 0 Å². The Morgan fingerprint density at radius 3 is 2.36 bits per heavy atom. The topological polar surface area (TPSA) is 46.5 Å². The number of aromatic hydroxyl groups is 1. The Kier molecular flexibility index (Phi) is 4.42. The Hall–Kier alpha value is -2.29.